The van der Waals surface area contributed by atoms with Crippen molar-refractivity contribution >= 4 is 0 Å². The van der Waals surface area contributed by atoms with Crippen molar-refractivity contribution in [3.8, 4) is 0 Å². The highest BCUT2D eigenvalue weighted by Crippen LogP contribution is 2.35. The molecule has 18 heavy (non-hydrogen) atoms. The average Bonchev–Trinajstić information content (AvgIpc) is 2.19. The Balaban J connectivity index is 2.15. The van der Waals surface area contributed by atoms with Crippen LogP contribution < -0.4 is 5.32 Å². The van der Waals surface area contributed by atoms with Crippen LogP contribution in [0.3, 0.4) is 0 Å². The smallest absolute Gasteiger partial charge is 0.312 e. The topological polar surface area (TPSA) is 12.0 Å². The molecule has 1 aliphatic carbocycles. The molecule has 1 atom stereocenters. The molecule has 4 heteroatoms. The van der Waals surface area contributed by atoms with Crippen LogP contribution in [0.1, 0.15) is 65.7 Å². The summed E-state index contributed by atoms with van der Waals surface area (Å²) >= 11 is 0. The van der Waals surface area contributed by atoms with Crippen LogP contribution in [0.4, 0.5) is 13.2 Å². The first-order chi connectivity index (χ1) is 8.18. The average molecular weight is 265 g/mol. The van der Waals surface area contributed by atoms with Crippen LogP contribution in [0.15, 0.2) is 0 Å². The van der Waals surface area contributed by atoms with Gasteiger partial charge in [0.15, 0.2) is 0 Å². The molecule has 0 aromatic rings. The van der Waals surface area contributed by atoms with E-state index in [4.69, 9.17) is 0 Å². The SMILES string of the molecule is CC(CCCC(F)(F)F)NC1CCC(C)(C)CC1. The van der Waals surface area contributed by atoms with E-state index in [0.29, 0.717) is 17.9 Å². The highest BCUT2D eigenvalue weighted by Gasteiger charge is 2.28. The normalized spacial score (nSPS) is 23.0. The van der Waals surface area contributed by atoms with Gasteiger partial charge >= 0.3 is 6.18 Å². The molecule has 0 radical (unpaired) electrons. The summed E-state index contributed by atoms with van der Waals surface area (Å²) in [7, 11) is 0. The summed E-state index contributed by atoms with van der Waals surface area (Å²) in [5.74, 6) is 0. The molecular formula is C14H26F3N. The third-order valence-corrected chi connectivity index (χ3v) is 3.96. The molecule has 0 heterocycles. The van der Waals surface area contributed by atoms with Crippen molar-refractivity contribution in [3.63, 3.8) is 0 Å². The zero-order valence-corrected chi connectivity index (χ0v) is 11.7. The Hall–Kier alpha value is -0.250. The van der Waals surface area contributed by atoms with Crippen molar-refractivity contribution in [1.82, 2.24) is 5.32 Å². The predicted octanol–water partition coefficient (Wildman–Crippen LogP) is 4.67. The van der Waals surface area contributed by atoms with Crippen molar-refractivity contribution in [2.75, 3.05) is 0 Å². The lowest BCUT2D eigenvalue weighted by molar-refractivity contribution is -0.135. The van der Waals surface area contributed by atoms with E-state index in [1.54, 1.807) is 0 Å². The van der Waals surface area contributed by atoms with Gasteiger partial charge in [0.2, 0.25) is 0 Å². The lowest BCUT2D eigenvalue weighted by Crippen LogP contribution is -2.40. The van der Waals surface area contributed by atoms with Gasteiger partial charge in [0.05, 0.1) is 0 Å². The third kappa shape index (κ3) is 6.62. The van der Waals surface area contributed by atoms with Gasteiger partial charge < -0.3 is 5.32 Å². The van der Waals surface area contributed by atoms with Gasteiger partial charge in [-0.2, -0.15) is 13.2 Å². The van der Waals surface area contributed by atoms with E-state index >= 15 is 0 Å². The monoisotopic (exact) mass is 265 g/mol. The maximum absolute atomic E-state index is 12.0. The quantitative estimate of drug-likeness (QED) is 0.762. The van der Waals surface area contributed by atoms with Crippen LogP contribution in [-0.4, -0.2) is 18.3 Å². The summed E-state index contributed by atoms with van der Waals surface area (Å²) in [6.45, 7) is 6.57. The number of hydrogen-bond donors (Lipinski definition) is 1. The molecule has 108 valence electrons. The van der Waals surface area contributed by atoms with Crippen LogP contribution in [0.5, 0.6) is 0 Å². The van der Waals surface area contributed by atoms with Gasteiger partial charge in [-0.1, -0.05) is 13.8 Å². The fourth-order valence-electron chi connectivity index (χ4n) is 2.66. The molecule has 1 aliphatic rings. The predicted molar refractivity (Wildman–Crippen MR) is 68.5 cm³/mol. The standard InChI is InChI=1S/C14H26F3N/c1-11(5-4-8-14(15,16)17)18-12-6-9-13(2,3)10-7-12/h11-12,18H,4-10H2,1-3H3. The minimum absolute atomic E-state index is 0.193. The van der Waals surface area contributed by atoms with E-state index < -0.39 is 12.6 Å². The maximum Gasteiger partial charge on any atom is 0.389 e. The molecule has 1 saturated carbocycles. The molecule has 0 bridgehead atoms. The number of halogens is 3. The van der Waals surface area contributed by atoms with Gasteiger partial charge in [-0.15, -0.1) is 0 Å². The second kappa shape index (κ2) is 6.27. The summed E-state index contributed by atoms with van der Waals surface area (Å²) in [6, 6.07) is 0.692. The molecule has 0 amide bonds. The van der Waals surface area contributed by atoms with Gasteiger partial charge in [-0.25, -0.2) is 0 Å². The summed E-state index contributed by atoms with van der Waals surface area (Å²) < 4.78 is 36.1. The summed E-state index contributed by atoms with van der Waals surface area (Å²) in [4.78, 5) is 0. The highest BCUT2D eigenvalue weighted by atomic mass is 19.4. The van der Waals surface area contributed by atoms with Gasteiger partial charge in [0.25, 0.3) is 0 Å². The minimum atomic E-state index is -4.01. The Bertz CT molecular complexity index is 238. The second-order valence-electron chi connectivity index (χ2n) is 6.51. The fourth-order valence-corrected chi connectivity index (χ4v) is 2.66. The molecule has 0 spiro atoms. The largest absolute Gasteiger partial charge is 0.389 e. The molecule has 1 N–H and O–H groups in total. The van der Waals surface area contributed by atoms with E-state index in [-0.39, 0.29) is 12.5 Å². The van der Waals surface area contributed by atoms with E-state index in [1.807, 2.05) is 6.92 Å². The number of nitrogens with one attached hydrogen (secondary N) is 1. The lowest BCUT2D eigenvalue weighted by Gasteiger charge is -2.36. The number of alkyl halides is 3. The molecule has 0 aromatic heterocycles. The summed E-state index contributed by atoms with van der Waals surface area (Å²) in [5.41, 5.74) is 0.442. The van der Waals surface area contributed by atoms with Crippen molar-refractivity contribution in [1.29, 1.82) is 0 Å². The molecular weight excluding hydrogens is 239 g/mol. The van der Waals surface area contributed by atoms with Gasteiger partial charge in [-0.3, -0.25) is 0 Å². The molecule has 1 unspecified atom stereocenters. The zero-order valence-electron chi connectivity index (χ0n) is 11.7. The van der Waals surface area contributed by atoms with Crippen molar-refractivity contribution in [2.24, 2.45) is 5.41 Å². The first-order valence-corrected chi connectivity index (χ1v) is 7.01. The van der Waals surface area contributed by atoms with Gasteiger partial charge in [-0.05, 0) is 50.9 Å². The number of rotatable bonds is 5. The van der Waals surface area contributed by atoms with Crippen LogP contribution >= 0.6 is 0 Å². The molecule has 1 fully saturated rings. The van der Waals surface area contributed by atoms with Crippen molar-refractivity contribution in [3.05, 3.63) is 0 Å². The summed E-state index contributed by atoms with van der Waals surface area (Å²) in [5, 5.41) is 3.48. The number of hydrogen-bond acceptors (Lipinski definition) is 1. The Morgan fingerprint density at radius 2 is 1.78 bits per heavy atom. The lowest BCUT2D eigenvalue weighted by atomic mass is 9.75. The van der Waals surface area contributed by atoms with Gasteiger partial charge in [0, 0.05) is 18.5 Å². The van der Waals surface area contributed by atoms with Crippen molar-refractivity contribution < 1.29 is 13.2 Å². The third-order valence-electron chi connectivity index (χ3n) is 3.96. The first kappa shape index (κ1) is 15.8. The van der Waals surface area contributed by atoms with Crippen molar-refractivity contribution in [2.45, 2.75) is 84.0 Å². The zero-order chi connectivity index (χ0) is 13.8. The second-order valence-corrected chi connectivity index (χ2v) is 6.51. The Morgan fingerprint density at radius 1 is 1.22 bits per heavy atom. The van der Waals surface area contributed by atoms with E-state index in [0.717, 1.165) is 12.8 Å². The Kier molecular flexibility index (Phi) is 5.50. The Morgan fingerprint density at radius 3 is 2.28 bits per heavy atom. The van der Waals surface area contributed by atoms with Crippen LogP contribution in [-0.2, 0) is 0 Å². The van der Waals surface area contributed by atoms with Gasteiger partial charge in [0.1, 0.15) is 0 Å². The van der Waals surface area contributed by atoms with E-state index in [9.17, 15) is 13.2 Å². The fraction of sp³-hybridized carbons (Fsp3) is 1.00. The molecule has 0 aromatic carbocycles. The van der Waals surface area contributed by atoms with E-state index in [2.05, 4.69) is 19.2 Å². The van der Waals surface area contributed by atoms with E-state index in [1.165, 1.54) is 12.8 Å². The molecule has 1 rings (SSSR count). The Labute approximate surface area is 109 Å². The first-order valence-electron chi connectivity index (χ1n) is 7.01. The van der Waals surface area contributed by atoms with Crippen LogP contribution in [0.25, 0.3) is 0 Å². The maximum atomic E-state index is 12.0. The highest BCUT2D eigenvalue weighted by molar-refractivity contribution is 4.83. The van der Waals surface area contributed by atoms with Crippen LogP contribution in [0.2, 0.25) is 0 Å². The minimum Gasteiger partial charge on any atom is -0.312 e. The van der Waals surface area contributed by atoms with Crippen LogP contribution in [0, 0.1) is 5.41 Å². The molecule has 0 saturated heterocycles. The molecule has 1 nitrogen and oxygen atoms in total. The molecule has 0 aliphatic heterocycles. The summed E-state index contributed by atoms with van der Waals surface area (Å²) in [6.07, 6.45) is 0.897.